The van der Waals surface area contributed by atoms with E-state index >= 15 is 0 Å². The summed E-state index contributed by atoms with van der Waals surface area (Å²) in [6.45, 7) is 4.30. The topological polar surface area (TPSA) is 88.2 Å². The number of hydrogen-bond acceptors (Lipinski definition) is 5. The van der Waals surface area contributed by atoms with Crippen molar-refractivity contribution in [2.24, 2.45) is 0 Å². The first-order valence-corrected chi connectivity index (χ1v) is 8.52. The smallest absolute Gasteiger partial charge is 0.243 e. The van der Waals surface area contributed by atoms with Gasteiger partial charge in [-0.1, -0.05) is 0 Å². The van der Waals surface area contributed by atoms with Gasteiger partial charge in [0.1, 0.15) is 11.4 Å². The van der Waals surface area contributed by atoms with E-state index in [0.717, 1.165) is 19.4 Å². The van der Waals surface area contributed by atoms with Crippen molar-refractivity contribution in [2.45, 2.75) is 32.6 Å². The van der Waals surface area contributed by atoms with E-state index in [1.54, 1.807) is 42.3 Å². The van der Waals surface area contributed by atoms with Gasteiger partial charge < -0.3 is 9.64 Å². The van der Waals surface area contributed by atoms with Crippen molar-refractivity contribution in [3.8, 4) is 17.6 Å². The number of benzene rings is 1. The Morgan fingerprint density at radius 3 is 2.58 bits per heavy atom. The van der Waals surface area contributed by atoms with E-state index in [2.05, 4.69) is 11.2 Å². The number of carbonyl (C=O) groups excluding carboxylic acids is 2. The molecule has 1 aromatic carbocycles. The predicted molar refractivity (Wildman–Crippen MR) is 94.0 cm³/mol. The summed E-state index contributed by atoms with van der Waals surface area (Å²) >= 11 is 0. The summed E-state index contributed by atoms with van der Waals surface area (Å²) in [6, 6.07) is 8.81. The van der Waals surface area contributed by atoms with Gasteiger partial charge in [0.25, 0.3) is 0 Å². The maximum absolute atomic E-state index is 11.7. The highest BCUT2D eigenvalue weighted by Gasteiger charge is 2.28. The Labute approximate surface area is 151 Å². The number of nitrogens with zero attached hydrogens (tertiary/aromatic N) is 4. The van der Waals surface area contributed by atoms with Gasteiger partial charge in [0, 0.05) is 32.9 Å². The molecule has 0 radical (unpaired) electrons. The standard InChI is InChI=1S/C19H20N4O3/c1-13(24)22-9-3-4-16(11-22)19-18(12-23(21-19)14(2)25)26-17-7-5-15(10-20)6-8-17/h5-8,12,16H,3-4,9,11H2,1-2H3. The van der Waals surface area contributed by atoms with E-state index < -0.39 is 0 Å². The monoisotopic (exact) mass is 352 g/mol. The highest BCUT2D eigenvalue weighted by Crippen LogP contribution is 2.34. The van der Waals surface area contributed by atoms with Crippen LogP contribution in [-0.2, 0) is 4.79 Å². The second kappa shape index (κ2) is 7.40. The lowest BCUT2D eigenvalue weighted by atomic mass is 9.94. The molecule has 0 N–H and O–H groups in total. The second-order valence-electron chi connectivity index (χ2n) is 6.38. The Balaban J connectivity index is 1.90. The quantitative estimate of drug-likeness (QED) is 0.847. The first-order valence-electron chi connectivity index (χ1n) is 8.52. The van der Waals surface area contributed by atoms with E-state index in [0.29, 0.717) is 29.3 Å². The number of nitriles is 1. The Morgan fingerprint density at radius 1 is 1.23 bits per heavy atom. The molecule has 0 saturated carbocycles. The van der Waals surface area contributed by atoms with E-state index in [4.69, 9.17) is 10.00 Å². The van der Waals surface area contributed by atoms with Gasteiger partial charge in [-0.15, -0.1) is 0 Å². The SMILES string of the molecule is CC(=O)N1CCCC(c2nn(C(C)=O)cc2Oc2ccc(C#N)cc2)C1. The minimum atomic E-state index is -0.208. The molecule has 0 bridgehead atoms. The van der Waals surface area contributed by atoms with Gasteiger partial charge in [-0.2, -0.15) is 10.4 Å². The summed E-state index contributed by atoms with van der Waals surface area (Å²) in [5, 5.41) is 13.3. The average molecular weight is 352 g/mol. The van der Waals surface area contributed by atoms with Crippen LogP contribution < -0.4 is 4.74 Å². The normalized spacial score (nSPS) is 16.8. The Hall–Kier alpha value is -3.14. The number of ether oxygens (including phenoxy) is 1. The maximum Gasteiger partial charge on any atom is 0.243 e. The van der Waals surface area contributed by atoms with E-state index in [-0.39, 0.29) is 17.7 Å². The molecule has 3 rings (SSSR count). The third-order valence-corrected chi connectivity index (χ3v) is 4.49. The van der Waals surface area contributed by atoms with Crippen molar-refractivity contribution in [3.63, 3.8) is 0 Å². The van der Waals surface area contributed by atoms with Gasteiger partial charge in [0.05, 0.1) is 17.8 Å². The molecule has 1 aliphatic heterocycles. The molecule has 1 aromatic heterocycles. The number of carbonyl (C=O) groups is 2. The second-order valence-corrected chi connectivity index (χ2v) is 6.38. The molecule has 1 unspecified atom stereocenters. The summed E-state index contributed by atoms with van der Waals surface area (Å²) in [4.78, 5) is 25.3. The number of amides is 1. The van der Waals surface area contributed by atoms with Crippen LogP contribution in [0, 0.1) is 11.3 Å². The van der Waals surface area contributed by atoms with E-state index in [9.17, 15) is 9.59 Å². The summed E-state index contributed by atoms with van der Waals surface area (Å²) in [5.74, 6) is 0.907. The van der Waals surface area contributed by atoms with Gasteiger partial charge in [-0.05, 0) is 37.1 Å². The van der Waals surface area contributed by atoms with Crippen LogP contribution in [-0.4, -0.2) is 39.6 Å². The molecular weight excluding hydrogens is 332 g/mol. The van der Waals surface area contributed by atoms with Crippen LogP contribution in [0.3, 0.4) is 0 Å². The third kappa shape index (κ3) is 3.75. The predicted octanol–water partition coefficient (Wildman–Crippen LogP) is 2.93. The molecule has 1 amide bonds. The van der Waals surface area contributed by atoms with Crippen LogP contribution in [0.1, 0.15) is 48.7 Å². The molecule has 1 fully saturated rings. The molecule has 1 atom stereocenters. The van der Waals surface area contributed by atoms with Crippen LogP contribution in [0.5, 0.6) is 11.5 Å². The first kappa shape index (κ1) is 17.7. The summed E-state index contributed by atoms with van der Waals surface area (Å²) in [6.07, 6.45) is 3.33. The Morgan fingerprint density at radius 2 is 1.96 bits per heavy atom. The number of piperidine rings is 1. The van der Waals surface area contributed by atoms with E-state index in [1.165, 1.54) is 11.6 Å². The molecule has 0 aliphatic carbocycles. The van der Waals surface area contributed by atoms with Crippen molar-refractivity contribution in [2.75, 3.05) is 13.1 Å². The fraction of sp³-hybridized carbons (Fsp3) is 0.368. The van der Waals surface area contributed by atoms with Crippen molar-refractivity contribution < 1.29 is 14.3 Å². The minimum absolute atomic E-state index is 0.0154. The average Bonchev–Trinajstić information content (AvgIpc) is 3.06. The Bertz CT molecular complexity index is 864. The lowest BCUT2D eigenvalue weighted by molar-refractivity contribution is -0.130. The fourth-order valence-electron chi connectivity index (χ4n) is 3.11. The van der Waals surface area contributed by atoms with Crippen molar-refractivity contribution in [1.82, 2.24) is 14.7 Å². The zero-order chi connectivity index (χ0) is 18.7. The lowest BCUT2D eigenvalue weighted by Crippen LogP contribution is -2.37. The minimum Gasteiger partial charge on any atom is -0.454 e. The van der Waals surface area contributed by atoms with Crippen molar-refractivity contribution in [3.05, 3.63) is 41.7 Å². The fourth-order valence-corrected chi connectivity index (χ4v) is 3.11. The number of aromatic nitrogens is 2. The zero-order valence-corrected chi connectivity index (χ0v) is 14.8. The molecule has 7 nitrogen and oxygen atoms in total. The third-order valence-electron chi connectivity index (χ3n) is 4.49. The van der Waals surface area contributed by atoms with Crippen molar-refractivity contribution >= 4 is 11.8 Å². The summed E-state index contributed by atoms with van der Waals surface area (Å²) in [5.41, 5.74) is 1.22. The highest BCUT2D eigenvalue weighted by atomic mass is 16.5. The van der Waals surface area contributed by atoms with Gasteiger partial charge in [0.15, 0.2) is 5.75 Å². The van der Waals surface area contributed by atoms with Gasteiger partial charge in [-0.25, -0.2) is 4.68 Å². The summed E-state index contributed by atoms with van der Waals surface area (Å²) in [7, 11) is 0. The van der Waals surface area contributed by atoms with Crippen LogP contribution in [0.25, 0.3) is 0 Å². The Kier molecular flexibility index (Phi) is 5.03. The van der Waals surface area contributed by atoms with Crippen LogP contribution in [0.4, 0.5) is 0 Å². The molecule has 1 aliphatic rings. The first-order chi connectivity index (χ1) is 12.5. The number of rotatable bonds is 3. The van der Waals surface area contributed by atoms with Gasteiger partial charge in [0.2, 0.25) is 11.8 Å². The molecular formula is C19H20N4O3. The zero-order valence-electron chi connectivity index (χ0n) is 14.8. The van der Waals surface area contributed by atoms with Crippen LogP contribution >= 0.6 is 0 Å². The number of likely N-dealkylation sites (tertiary alicyclic amines) is 1. The molecule has 134 valence electrons. The molecule has 1 saturated heterocycles. The summed E-state index contributed by atoms with van der Waals surface area (Å²) < 4.78 is 7.21. The lowest BCUT2D eigenvalue weighted by Gasteiger charge is -2.31. The van der Waals surface area contributed by atoms with Crippen LogP contribution in [0.15, 0.2) is 30.5 Å². The van der Waals surface area contributed by atoms with E-state index in [1.807, 2.05) is 0 Å². The van der Waals surface area contributed by atoms with Gasteiger partial charge >= 0.3 is 0 Å². The maximum atomic E-state index is 11.7. The molecule has 2 heterocycles. The van der Waals surface area contributed by atoms with Crippen LogP contribution in [0.2, 0.25) is 0 Å². The van der Waals surface area contributed by atoms with Crippen molar-refractivity contribution in [1.29, 1.82) is 5.26 Å². The largest absolute Gasteiger partial charge is 0.454 e. The molecule has 26 heavy (non-hydrogen) atoms. The molecule has 2 aromatic rings. The molecule has 0 spiro atoms. The number of hydrogen-bond donors (Lipinski definition) is 0. The highest BCUT2D eigenvalue weighted by molar-refractivity contribution is 5.75. The molecule has 7 heteroatoms. The van der Waals surface area contributed by atoms with Gasteiger partial charge in [-0.3, -0.25) is 9.59 Å².